The van der Waals surface area contributed by atoms with Crippen LogP contribution < -0.4 is 0 Å². The first-order valence-corrected chi connectivity index (χ1v) is 4.46. The van der Waals surface area contributed by atoms with Gasteiger partial charge in [-0.15, -0.1) is 0 Å². The van der Waals surface area contributed by atoms with Crippen molar-refractivity contribution in [3.63, 3.8) is 0 Å². The maximum absolute atomic E-state index is 2.53. The molecule has 2 saturated heterocycles. The van der Waals surface area contributed by atoms with E-state index in [1.165, 1.54) is 51.9 Å². The van der Waals surface area contributed by atoms with Crippen LogP contribution in [0.3, 0.4) is 0 Å². The Kier molecular flexibility index (Phi) is 5.41. The molecule has 0 aromatic rings. The van der Waals surface area contributed by atoms with Gasteiger partial charge in [0.15, 0.2) is 0 Å². The van der Waals surface area contributed by atoms with Crippen LogP contribution in [-0.2, 0) is 0 Å². The second kappa shape index (κ2) is 5.48. The average molecular weight is 176 g/mol. The summed E-state index contributed by atoms with van der Waals surface area (Å²) < 4.78 is 0. The first-order chi connectivity index (χ1) is 4.97. The van der Waals surface area contributed by atoms with E-state index in [1.54, 1.807) is 0 Å². The molecule has 4 heteroatoms. The maximum atomic E-state index is 2.53. The van der Waals surface area contributed by atoms with Gasteiger partial charge in [-0.05, 0) is 25.7 Å². The molecule has 2 aliphatic heterocycles. The molecule has 0 atom stereocenters. The Morgan fingerprint density at radius 1 is 0.500 bits per heavy atom. The first-order valence-electron chi connectivity index (χ1n) is 4.46. The highest BCUT2D eigenvalue weighted by molar-refractivity contribution is 4.69. The van der Waals surface area contributed by atoms with Gasteiger partial charge in [-0.1, -0.05) is 0 Å². The minimum atomic E-state index is 0. The van der Waals surface area contributed by atoms with Crippen molar-refractivity contribution < 1.29 is 11.0 Å². The van der Waals surface area contributed by atoms with Crippen molar-refractivity contribution in [2.75, 3.05) is 26.2 Å². The summed E-state index contributed by atoms with van der Waals surface area (Å²) in [6.45, 7) is 5.28. The summed E-state index contributed by atoms with van der Waals surface area (Å²) in [5, 5.41) is 5.07. The van der Waals surface area contributed by atoms with Gasteiger partial charge >= 0.3 is 0 Å². The van der Waals surface area contributed by atoms with Gasteiger partial charge in [-0.3, -0.25) is 0 Å². The summed E-state index contributed by atoms with van der Waals surface area (Å²) in [6.07, 6.45) is 5.65. The highest BCUT2D eigenvalue weighted by Crippen LogP contribution is 2.16. The van der Waals surface area contributed by atoms with E-state index in [9.17, 15) is 0 Å². The van der Waals surface area contributed by atoms with Crippen molar-refractivity contribution in [1.82, 2.24) is 10.0 Å². The van der Waals surface area contributed by atoms with Crippen LogP contribution in [-0.4, -0.2) is 47.1 Å². The summed E-state index contributed by atoms with van der Waals surface area (Å²) in [6, 6.07) is 0. The lowest BCUT2D eigenvalue weighted by molar-refractivity contribution is 0.0220. The minimum absolute atomic E-state index is 0. The van der Waals surface area contributed by atoms with E-state index < -0.39 is 0 Å². The molecule has 0 radical (unpaired) electrons. The fourth-order valence-electron chi connectivity index (χ4n) is 1.97. The van der Waals surface area contributed by atoms with E-state index in [0.717, 1.165) is 0 Å². The Bertz CT molecular complexity index is 95.6. The summed E-state index contributed by atoms with van der Waals surface area (Å²) in [5.41, 5.74) is 0. The monoisotopic (exact) mass is 176 g/mol. The van der Waals surface area contributed by atoms with Crippen LogP contribution in [0.5, 0.6) is 0 Å². The zero-order chi connectivity index (χ0) is 6.81. The molecule has 2 fully saturated rings. The average Bonchev–Trinajstić information content (AvgIpc) is 2.59. The third-order valence-corrected chi connectivity index (χ3v) is 2.56. The molecule has 12 heavy (non-hydrogen) atoms. The predicted octanol–water partition coefficient (Wildman–Crippen LogP) is -0.556. The van der Waals surface area contributed by atoms with Crippen molar-refractivity contribution in [2.45, 2.75) is 25.7 Å². The molecular weight excluding hydrogens is 156 g/mol. The van der Waals surface area contributed by atoms with E-state index in [0.29, 0.717) is 0 Å². The van der Waals surface area contributed by atoms with E-state index >= 15 is 0 Å². The van der Waals surface area contributed by atoms with Crippen LogP contribution in [0.1, 0.15) is 25.7 Å². The van der Waals surface area contributed by atoms with Crippen LogP contribution in [0.25, 0.3) is 0 Å². The fraction of sp³-hybridized carbons (Fsp3) is 1.00. The maximum Gasteiger partial charge on any atom is 0.0133 e. The minimum Gasteiger partial charge on any atom is -0.412 e. The van der Waals surface area contributed by atoms with Crippen LogP contribution in [0.2, 0.25) is 0 Å². The lowest BCUT2D eigenvalue weighted by Gasteiger charge is -2.26. The van der Waals surface area contributed by atoms with Crippen LogP contribution in [0.15, 0.2) is 0 Å². The molecule has 0 aromatic heterocycles. The van der Waals surface area contributed by atoms with Gasteiger partial charge < -0.3 is 11.0 Å². The van der Waals surface area contributed by atoms with Gasteiger partial charge in [0.05, 0.1) is 0 Å². The molecule has 0 aromatic carbocycles. The summed E-state index contributed by atoms with van der Waals surface area (Å²) >= 11 is 0. The molecule has 0 saturated carbocycles. The van der Waals surface area contributed by atoms with Crippen LogP contribution >= 0.6 is 0 Å². The highest BCUT2D eigenvalue weighted by atomic mass is 16.0. The van der Waals surface area contributed by atoms with E-state index in [2.05, 4.69) is 10.0 Å². The predicted molar refractivity (Wildman–Crippen MR) is 48.8 cm³/mol. The van der Waals surface area contributed by atoms with Gasteiger partial charge in [0.1, 0.15) is 0 Å². The van der Waals surface area contributed by atoms with Crippen LogP contribution in [0, 0.1) is 0 Å². The normalized spacial score (nSPS) is 25.0. The third kappa shape index (κ3) is 2.42. The molecule has 0 aliphatic carbocycles. The van der Waals surface area contributed by atoms with E-state index in [1.807, 2.05) is 0 Å². The largest absolute Gasteiger partial charge is 0.412 e. The van der Waals surface area contributed by atoms with E-state index in [-0.39, 0.29) is 11.0 Å². The topological polar surface area (TPSA) is 69.5 Å². The Hall–Kier alpha value is -0.160. The summed E-state index contributed by atoms with van der Waals surface area (Å²) in [7, 11) is 0. The van der Waals surface area contributed by atoms with Gasteiger partial charge in [0.2, 0.25) is 0 Å². The van der Waals surface area contributed by atoms with Gasteiger partial charge in [-0.25, -0.2) is 10.0 Å². The van der Waals surface area contributed by atoms with Crippen molar-refractivity contribution >= 4 is 0 Å². The van der Waals surface area contributed by atoms with E-state index in [4.69, 9.17) is 0 Å². The van der Waals surface area contributed by atoms with Crippen molar-refractivity contribution in [3.05, 3.63) is 0 Å². The molecule has 2 heterocycles. The Balaban J connectivity index is 0.000000605. The first kappa shape index (κ1) is 11.8. The number of hydrogen-bond donors (Lipinski definition) is 0. The molecule has 2 rings (SSSR count). The molecule has 0 amide bonds. The Morgan fingerprint density at radius 2 is 0.750 bits per heavy atom. The number of hydrogen-bond acceptors (Lipinski definition) is 2. The van der Waals surface area contributed by atoms with Gasteiger partial charge in [0, 0.05) is 26.2 Å². The lowest BCUT2D eigenvalue weighted by Crippen LogP contribution is -2.38. The SMILES string of the molecule is C1CCN(N2CCCC2)C1.O.O. The van der Waals surface area contributed by atoms with Crippen LogP contribution in [0.4, 0.5) is 0 Å². The highest BCUT2D eigenvalue weighted by Gasteiger charge is 2.21. The molecule has 0 bridgehead atoms. The molecule has 2 aliphatic rings. The van der Waals surface area contributed by atoms with Gasteiger partial charge in [-0.2, -0.15) is 0 Å². The zero-order valence-electron chi connectivity index (χ0n) is 7.55. The molecule has 4 N–H and O–H groups in total. The number of nitrogens with zero attached hydrogens (tertiary/aromatic N) is 2. The quantitative estimate of drug-likeness (QED) is 0.537. The zero-order valence-corrected chi connectivity index (χ0v) is 7.55. The fourth-order valence-corrected chi connectivity index (χ4v) is 1.97. The summed E-state index contributed by atoms with van der Waals surface area (Å²) in [5.74, 6) is 0. The molecular formula is C8H20N2O2. The lowest BCUT2D eigenvalue weighted by atomic mass is 10.4. The summed E-state index contributed by atoms with van der Waals surface area (Å²) in [4.78, 5) is 0. The van der Waals surface area contributed by atoms with Gasteiger partial charge in [0.25, 0.3) is 0 Å². The smallest absolute Gasteiger partial charge is 0.0133 e. The molecule has 4 nitrogen and oxygen atoms in total. The Morgan fingerprint density at radius 3 is 1.00 bits per heavy atom. The molecule has 74 valence electrons. The molecule has 0 unspecified atom stereocenters. The second-order valence-corrected chi connectivity index (χ2v) is 3.32. The van der Waals surface area contributed by atoms with Crippen molar-refractivity contribution in [2.24, 2.45) is 0 Å². The third-order valence-electron chi connectivity index (χ3n) is 2.56. The number of rotatable bonds is 1. The van der Waals surface area contributed by atoms with Crippen molar-refractivity contribution in [1.29, 1.82) is 0 Å². The Labute approximate surface area is 73.7 Å². The number of hydrazine groups is 1. The van der Waals surface area contributed by atoms with Crippen molar-refractivity contribution in [3.8, 4) is 0 Å². The standard InChI is InChI=1S/C8H16N2.2H2O/c1-2-6-9(5-1)10-7-3-4-8-10;;/h1-8H2;2*1H2. The molecule has 0 spiro atoms. The second-order valence-electron chi connectivity index (χ2n) is 3.32.